The summed E-state index contributed by atoms with van der Waals surface area (Å²) in [4.78, 5) is 0. The highest BCUT2D eigenvalue weighted by Gasteiger charge is 2.38. The van der Waals surface area contributed by atoms with E-state index in [9.17, 15) is 0 Å². The molecule has 3 unspecified atom stereocenters. The molecule has 0 radical (unpaired) electrons. The summed E-state index contributed by atoms with van der Waals surface area (Å²) in [5.74, 6) is 1.87. The van der Waals surface area contributed by atoms with Crippen molar-refractivity contribution in [2.75, 3.05) is 0 Å². The lowest BCUT2D eigenvalue weighted by molar-refractivity contribution is 0.447. The third-order valence-electron chi connectivity index (χ3n) is 4.03. The number of hydrogen-bond donors (Lipinski definition) is 1. The van der Waals surface area contributed by atoms with Gasteiger partial charge in [0.2, 0.25) is 0 Å². The van der Waals surface area contributed by atoms with E-state index >= 15 is 0 Å². The Morgan fingerprint density at radius 1 is 1.25 bits per heavy atom. The fourth-order valence-corrected chi connectivity index (χ4v) is 2.56. The van der Waals surface area contributed by atoms with Crippen molar-refractivity contribution in [2.24, 2.45) is 11.8 Å². The van der Waals surface area contributed by atoms with Gasteiger partial charge in [-0.2, -0.15) is 0 Å². The zero-order valence-corrected chi connectivity index (χ0v) is 10.0. The first kappa shape index (κ1) is 10.3. The fraction of sp³-hybridized carbons (Fsp3) is 0.600. The number of nitrogens with one attached hydrogen (secondary N) is 1. The highest BCUT2D eigenvalue weighted by Crippen LogP contribution is 2.37. The highest BCUT2D eigenvalue weighted by atomic mass is 15.0. The Balaban J connectivity index is 1.60. The molecule has 0 amide bonds. The van der Waals surface area contributed by atoms with Crippen molar-refractivity contribution in [1.82, 2.24) is 5.32 Å². The standard InChI is InChI=1S/C15H21N/c1-11-9-14(11)16-15(13-7-8-13)10-12-5-3-2-4-6-12/h2-6,11,13-16H,7-10H2,1H3. The fourth-order valence-electron chi connectivity index (χ4n) is 2.56. The van der Waals surface area contributed by atoms with Gasteiger partial charge in [0, 0.05) is 12.1 Å². The van der Waals surface area contributed by atoms with Gasteiger partial charge in [0.1, 0.15) is 0 Å². The molecule has 1 nitrogen and oxygen atoms in total. The maximum atomic E-state index is 3.85. The van der Waals surface area contributed by atoms with E-state index in [0.29, 0.717) is 0 Å². The van der Waals surface area contributed by atoms with Crippen LogP contribution in [0.1, 0.15) is 31.7 Å². The monoisotopic (exact) mass is 215 g/mol. The Morgan fingerprint density at radius 2 is 1.94 bits per heavy atom. The average Bonchev–Trinajstić information content (AvgIpc) is 3.17. The quantitative estimate of drug-likeness (QED) is 0.796. The summed E-state index contributed by atoms with van der Waals surface area (Å²) >= 11 is 0. The molecule has 1 aromatic rings. The van der Waals surface area contributed by atoms with Crippen LogP contribution >= 0.6 is 0 Å². The SMILES string of the molecule is CC1CC1NC(Cc1ccccc1)C1CC1. The van der Waals surface area contributed by atoms with E-state index in [1.165, 1.54) is 31.2 Å². The Labute approximate surface area is 98.3 Å². The predicted molar refractivity (Wildman–Crippen MR) is 67.4 cm³/mol. The molecule has 1 heteroatoms. The van der Waals surface area contributed by atoms with Gasteiger partial charge in [-0.05, 0) is 43.1 Å². The molecular formula is C15H21N. The summed E-state index contributed by atoms with van der Waals surface area (Å²) in [6.07, 6.45) is 5.48. The van der Waals surface area contributed by atoms with E-state index in [1.807, 2.05) is 0 Å². The third kappa shape index (κ3) is 2.46. The third-order valence-corrected chi connectivity index (χ3v) is 4.03. The minimum Gasteiger partial charge on any atom is -0.310 e. The van der Waals surface area contributed by atoms with Gasteiger partial charge in [-0.3, -0.25) is 0 Å². The van der Waals surface area contributed by atoms with Gasteiger partial charge < -0.3 is 5.32 Å². The maximum absolute atomic E-state index is 3.85. The van der Waals surface area contributed by atoms with Crippen LogP contribution in [0, 0.1) is 11.8 Å². The molecule has 2 fully saturated rings. The molecule has 16 heavy (non-hydrogen) atoms. The van der Waals surface area contributed by atoms with Crippen LogP contribution < -0.4 is 5.32 Å². The van der Waals surface area contributed by atoms with Crippen LogP contribution in [0.5, 0.6) is 0 Å². The second kappa shape index (κ2) is 4.21. The molecule has 0 spiro atoms. The zero-order valence-electron chi connectivity index (χ0n) is 10.0. The average molecular weight is 215 g/mol. The van der Waals surface area contributed by atoms with Crippen molar-refractivity contribution >= 4 is 0 Å². The van der Waals surface area contributed by atoms with Crippen LogP contribution in [-0.4, -0.2) is 12.1 Å². The normalized spacial score (nSPS) is 30.1. The Kier molecular flexibility index (Phi) is 2.72. The molecule has 0 aliphatic heterocycles. The largest absolute Gasteiger partial charge is 0.310 e. The molecule has 0 heterocycles. The van der Waals surface area contributed by atoms with Crippen molar-refractivity contribution in [2.45, 2.75) is 44.7 Å². The van der Waals surface area contributed by atoms with Gasteiger partial charge in [-0.15, -0.1) is 0 Å². The van der Waals surface area contributed by atoms with E-state index in [1.54, 1.807) is 0 Å². The Bertz CT molecular complexity index is 342. The van der Waals surface area contributed by atoms with Crippen LogP contribution in [0.4, 0.5) is 0 Å². The Hall–Kier alpha value is -0.820. The van der Waals surface area contributed by atoms with E-state index in [-0.39, 0.29) is 0 Å². The molecule has 1 aromatic carbocycles. The summed E-state index contributed by atoms with van der Waals surface area (Å²) in [7, 11) is 0. The molecule has 0 aromatic heterocycles. The molecule has 2 saturated carbocycles. The van der Waals surface area contributed by atoms with Crippen molar-refractivity contribution in [3.63, 3.8) is 0 Å². The van der Waals surface area contributed by atoms with E-state index in [0.717, 1.165) is 23.9 Å². The van der Waals surface area contributed by atoms with Crippen LogP contribution in [-0.2, 0) is 6.42 Å². The summed E-state index contributed by atoms with van der Waals surface area (Å²) in [6.45, 7) is 2.35. The number of hydrogen-bond acceptors (Lipinski definition) is 1. The first-order valence-electron chi connectivity index (χ1n) is 6.63. The lowest BCUT2D eigenvalue weighted by atomic mass is 10.0. The topological polar surface area (TPSA) is 12.0 Å². The van der Waals surface area contributed by atoms with Crippen LogP contribution in [0.2, 0.25) is 0 Å². The van der Waals surface area contributed by atoms with Gasteiger partial charge >= 0.3 is 0 Å². The van der Waals surface area contributed by atoms with Crippen molar-refractivity contribution in [3.05, 3.63) is 35.9 Å². The summed E-state index contributed by atoms with van der Waals surface area (Å²) in [5, 5.41) is 3.85. The summed E-state index contributed by atoms with van der Waals surface area (Å²) in [6, 6.07) is 12.5. The van der Waals surface area contributed by atoms with E-state index < -0.39 is 0 Å². The number of benzene rings is 1. The highest BCUT2D eigenvalue weighted by molar-refractivity contribution is 5.17. The van der Waals surface area contributed by atoms with Gasteiger partial charge in [0.25, 0.3) is 0 Å². The van der Waals surface area contributed by atoms with Crippen LogP contribution in [0.3, 0.4) is 0 Å². The molecule has 86 valence electrons. The second-order valence-electron chi connectivity index (χ2n) is 5.62. The Morgan fingerprint density at radius 3 is 2.50 bits per heavy atom. The van der Waals surface area contributed by atoms with Crippen molar-refractivity contribution < 1.29 is 0 Å². The first-order chi connectivity index (χ1) is 7.83. The first-order valence-corrected chi connectivity index (χ1v) is 6.63. The maximum Gasteiger partial charge on any atom is 0.0138 e. The number of rotatable bonds is 5. The lowest BCUT2D eigenvalue weighted by Crippen LogP contribution is -2.35. The predicted octanol–water partition coefficient (Wildman–Crippen LogP) is 3.01. The van der Waals surface area contributed by atoms with E-state index in [4.69, 9.17) is 0 Å². The van der Waals surface area contributed by atoms with Crippen molar-refractivity contribution in [1.29, 1.82) is 0 Å². The molecule has 3 atom stereocenters. The molecule has 0 saturated heterocycles. The summed E-state index contributed by atoms with van der Waals surface area (Å²) < 4.78 is 0. The van der Waals surface area contributed by atoms with Crippen molar-refractivity contribution in [3.8, 4) is 0 Å². The van der Waals surface area contributed by atoms with Gasteiger partial charge in [0.15, 0.2) is 0 Å². The smallest absolute Gasteiger partial charge is 0.0138 e. The van der Waals surface area contributed by atoms with Crippen LogP contribution in [0.25, 0.3) is 0 Å². The van der Waals surface area contributed by atoms with Crippen LogP contribution in [0.15, 0.2) is 30.3 Å². The molecule has 0 bridgehead atoms. The zero-order chi connectivity index (χ0) is 11.0. The van der Waals surface area contributed by atoms with Gasteiger partial charge in [0.05, 0.1) is 0 Å². The second-order valence-corrected chi connectivity index (χ2v) is 5.62. The molecule has 2 aliphatic rings. The summed E-state index contributed by atoms with van der Waals surface area (Å²) in [5.41, 5.74) is 1.49. The van der Waals surface area contributed by atoms with Gasteiger partial charge in [-0.1, -0.05) is 37.3 Å². The molecule has 3 rings (SSSR count). The lowest BCUT2D eigenvalue weighted by Gasteiger charge is -2.18. The minimum absolute atomic E-state index is 0.734. The molecule has 1 N–H and O–H groups in total. The van der Waals surface area contributed by atoms with E-state index in [2.05, 4.69) is 42.6 Å². The van der Waals surface area contributed by atoms with Gasteiger partial charge in [-0.25, -0.2) is 0 Å². The molecule has 2 aliphatic carbocycles. The minimum atomic E-state index is 0.734. The molecular weight excluding hydrogens is 194 g/mol.